The van der Waals surface area contributed by atoms with Gasteiger partial charge in [-0.3, -0.25) is 0 Å². The molecular weight excluding hydrogens is 142 g/mol. The van der Waals surface area contributed by atoms with Crippen LogP contribution in [0.5, 0.6) is 0 Å². The van der Waals surface area contributed by atoms with Crippen LogP contribution in [0.1, 0.15) is 20.8 Å². The first kappa shape index (κ1) is 7.53. The molecule has 0 aromatic heterocycles. The number of hydrogen-bond acceptors (Lipinski definition) is 3. The van der Waals surface area contributed by atoms with Crippen molar-refractivity contribution in [2.45, 2.75) is 38.8 Å². The maximum absolute atomic E-state index is 5.54. The van der Waals surface area contributed by atoms with Crippen LogP contribution in [0.4, 0.5) is 0 Å². The van der Waals surface area contributed by atoms with Crippen molar-refractivity contribution in [2.24, 2.45) is 0 Å². The van der Waals surface area contributed by atoms with E-state index >= 15 is 0 Å². The molecule has 2 atom stereocenters. The first-order chi connectivity index (χ1) is 5.13. The molecule has 2 saturated heterocycles. The topological polar surface area (TPSA) is 21.7 Å². The Bertz CT molecular complexity index is 157. The van der Waals surface area contributed by atoms with Gasteiger partial charge in [-0.15, -0.1) is 0 Å². The Morgan fingerprint density at radius 1 is 1.18 bits per heavy atom. The van der Waals surface area contributed by atoms with Gasteiger partial charge in [0.05, 0.1) is 18.8 Å². The summed E-state index contributed by atoms with van der Waals surface area (Å²) in [5.74, 6) is 0. The summed E-state index contributed by atoms with van der Waals surface area (Å²) < 4.78 is 11.1. The SMILES string of the molecule is CC1OCC2(C)COC(C)N12. The first-order valence-electron chi connectivity index (χ1n) is 4.15. The van der Waals surface area contributed by atoms with Crippen LogP contribution in [0.3, 0.4) is 0 Å². The molecule has 2 unspecified atom stereocenters. The number of hydrogen-bond donors (Lipinski definition) is 0. The standard InChI is InChI=1S/C8H15NO2/c1-6-9-7(2)11-5-8(9,3)4-10-6/h6-7H,4-5H2,1-3H3. The third kappa shape index (κ3) is 0.916. The highest BCUT2D eigenvalue weighted by molar-refractivity contribution is 4.96. The Morgan fingerprint density at radius 3 is 2.00 bits per heavy atom. The number of nitrogens with zero attached hydrogens (tertiary/aromatic N) is 1. The zero-order valence-electron chi connectivity index (χ0n) is 7.33. The van der Waals surface area contributed by atoms with E-state index in [2.05, 4.69) is 25.7 Å². The van der Waals surface area contributed by atoms with E-state index in [-0.39, 0.29) is 18.0 Å². The number of ether oxygens (including phenoxy) is 2. The monoisotopic (exact) mass is 157 g/mol. The van der Waals surface area contributed by atoms with Gasteiger partial charge < -0.3 is 9.47 Å². The quantitative estimate of drug-likeness (QED) is 0.519. The minimum atomic E-state index is 0.138. The van der Waals surface area contributed by atoms with Crippen LogP contribution in [0.15, 0.2) is 0 Å². The molecule has 0 radical (unpaired) electrons. The van der Waals surface area contributed by atoms with Crippen molar-refractivity contribution in [3.8, 4) is 0 Å². The van der Waals surface area contributed by atoms with E-state index in [0.717, 1.165) is 13.2 Å². The highest BCUT2D eigenvalue weighted by atomic mass is 16.6. The average Bonchev–Trinajstić information content (AvgIpc) is 2.38. The van der Waals surface area contributed by atoms with E-state index in [0.29, 0.717) is 0 Å². The second kappa shape index (κ2) is 2.19. The summed E-state index contributed by atoms with van der Waals surface area (Å²) in [6, 6.07) is 0. The summed E-state index contributed by atoms with van der Waals surface area (Å²) in [6.07, 6.45) is 0.440. The second-order valence-electron chi connectivity index (χ2n) is 3.72. The number of fused-ring (bicyclic) bond motifs is 1. The van der Waals surface area contributed by atoms with Gasteiger partial charge in [0.2, 0.25) is 0 Å². The zero-order chi connectivity index (χ0) is 8.06. The fraction of sp³-hybridized carbons (Fsp3) is 1.00. The van der Waals surface area contributed by atoms with Gasteiger partial charge >= 0.3 is 0 Å². The molecule has 0 N–H and O–H groups in total. The van der Waals surface area contributed by atoms with Gasteiger partial charge in [-0.2, -0.15) is 0 Å². The normalized spacial score (nSPS) is 51.5. The maximum Gasteiger partial charge on any atom is 0.110 e. The molecule has 0 saturated carbocycles. The smallest absolute Gasteiger partial charge is 0.110 e. The van der Waals surface area contributed by atoms with E-state index < -0.39 is 0 Å². The summed E-state index contributed by atoms with van der Waals surface area (Å²) in [5.41, 5.74) is 0.138. The van der Waals surface area contributed by atoms with E-state index in [1.165, 1.54) is 0 Å². The molecule has 0 spiro atoms. The van der Waals surface area contributed by atoms with Crippen molar-refractivity contribution >= 4 is 0 Å². The van der Waals surface area contributed by atoms with E-state index in [4.69, 9.17) is 9.47 Å². The van der Waals surface area contributed by atoms with Crippen molar-refractivity contribution in [2.75, 3.05) is 13.2 Å². The molecule has 0 aromatic carbocycles. The molecule has 2 fully saturated rings. The summed E-state index contributed by atoms with van der Waals surface area (Å²) in [6.45, 7) is 7.96. The van der Waals surface area contributed by atoms with Gasteiger partial charge in [0.15, 0.2) is 0 Å². The van der Waals surface area contributed by atoms with Crippen LogP contribution in [-0.2, 0) is 9.47 Å². The Hall–Kier alpha value is -0.120. The van der Waals surface area contributed by atoms with Crippen LogP contribution >= 0.6 is 0 Å². The van der Waals surface area contributed by atoms with Crippen LogP contribution < -0.4 is 0 Å². The Balaban J connectivity index is 2.23. The lowest BCUT2D eigenvalue weighted by atomic mass is 10.1. The van der Waals surface area contributed by atoms with E-state index in [1.807, 2.05) is 0 Å². The van der Waals surface area contributed by atoms with Gasteiger partial charge in [0, 0.05) is 0 Å². The molecule has 64 valence electrons. The molecule has 3 nitrogen and oxygen atoms in total. The van der Waals surface area contributed by atoms with Gasteiger partial charge in [-0.25, -0.2) is 4.90 Å². The van der Waals surface area contributed by atoms with Crippen LogP contribution in [0.25, 0.3) is 0 Å². The minimum Gasteiger partial charge on any atom is -0.361 e. The van der Waals surface area contributed by atoms with Crippen LogP contribution in [0.2, 0.25) is 0 Å². The van der Waals surface area contributed by atoms with Gasteiger partial charge in [-0.05, 0) is 20.8 Å². The van der Waals surface area contributed by atoms with Crippen molar-refractivity contribution in [3.05, 3.63) is 0 Å². The molecule has 2 aliphatic heterocycles. The van der Waals surface area contributed by atoms with E-state index in [1.54, 1.807) is 0 Å². The zero-order valence-corrected chi connectivity index (χ0v) is 7.33. The van der Waals surface area contributed by atoms with Gasteiger partial charge in [-0.1, -0.05) is 0 Å². The third-order valence-corrected chi connectivity index (χ3v) is 2.68. The molecule has 0 bridgehead atoms. The lowest BCUT2D eigenvalue weighted by Gasteiger charge is -2.27. The molecule has 0 aliphatic carbocycles. The molecule has 3 heteroatoms. The summed E-state index contributed by atoms with van der Waals surface area (Å²) >= 11 is 0. The molecule has 0 aromatic rings. The first-order valence-corrected chi connectivity index (χ1v) is 4.15. The fourth-order valence-corrected chi connectivity index (χ4v) is 2.13. The summed E-state index contributed by atoms with van der Waals surface area (Å²) in [5, 5.41) is 0. The van der Waals surface area contributed by atoms with E-state index in [9.17, 15) is 0 Å². The van der Waals surface area contributed by atoms with Crippen molar-refractivity contribution in [1.82, 2.24) is 4.90 Å². The lowest BCUT2D eigenvalue weighted by molar-refractivity contribution is -0.0391. The lowest BCUT2D eigenvalue weighted by Crippen LogP contribution is -2.45. The summed E-state index contributed by atoms with van der Waals surface area (Å²) in [7, 11) is 0. The van der Waals surface area contributed by atoms with Gasteiger partial charge in [0.25, 0.3) is 0 Å². The van der Waals surface area contributed by atoms with Crippen molar-refractivity contribution < 1.29 is 9.47 Å². The molecule has 0 amide bonds. The van der Waals surface area contributed by atoms with Crippen LogP contribution in [-0.4, -0.2) is 36.1 Å². The highest BCUT2D eigenvalue weighted by Gasteiger charge is 2.49. The Morgan fingerprint density at radius 2 is 1.64 bits per heavy atom. The molecule has 2 rings (SSSR count). The molecular formula is C8H15NO2. The highest BCUT2D eigenvalue weighted by Crippen LogP contribution is 2.35. The van der Waals surface area contributed by atoms with Crippen molar-refractivity contribution in [3.63, 3.8) is 0 Å². The predicted molar refractivity (Wildman–Crippen MR) is 41.1 cm³/mol. The number of rotatable bonds is 0. The predicted octanol–water partition coefficient (Wildman–Crippen LogP) is 0.799. The largest absolute Gasteiger partial charge is 0.361 e. The van der Waals surface area contributed by atoms with Crippen molar-refractivity contribution in [1.29, 1.82) is 0 Å². The molecule has 2 heterocycles. The Labute approximate surface area is 67.3 Å². The average molecular weight is 157 g/mol. The fourth-order valence-electron chi connectivity index (χ4n) is 2.13. The minimum absolute atomic E-state index is 0.138. The van der Waals surface area contributed by atoms with Gasteiger partial charge in [0.1, 0.15) is 12.5 Å². The second-order valence-corrected chi connectivity index (χ2v) is 3.72. The summed E-state index contributed by atoms with van der Waals surface area (Å²) in [4.78, 5) is 2.30. The maximum atomic E-state index is 5.54. The third-order valence-electron chi connectivity index (χ3n) is 2.68. The molecule has 2 aliphatic rings. The molecule has 11 heavy (non-hydrogen) atoms. The van der Waals surface area contributed by atoms with Crippen LogP contribution in [0, 0.1) is 0 Å². The Kier molecular flexibility index (Phi) is 1.50.